The highest BCUT2D eigenvalue weighted by molar-refractivity contribution is 14.1. The van der Waals surface area contributed by atoms with E-state index in [9.17, 15) is 0 Å². The zero-order valence-electron chi connectivity index (χ0n) is 8.22. The third kappa shape index (κ3) is 3.60. The molecule has 0 aromatic heterocycles. The summed E-state index contributed by atoms with van der Waals surface area (Å²) in [4.78, 5) is 2.45. The van der Waals surface area contributed by atoms with Crippen molar-refractivity contribution in [2.75, 3.05) is 24.6 Å². The van der Waals surface area contributed by atoms with Gasteiger partial charge in [-0.2, -0.15) is 0 Å². The van der Waals surface area contributed by atoms with Crippen LogP contribution in [0.1, 0.15) is 26.2 Å². The second-order valence-electron chi connectivity index (χ2n) is 4.24. The monoisotopic (exact) mass is 281 g/mol. The molecule has 1 nitrogen and oxygen atoms in total. The molecule has 1 atom stereocenters. The maximum Gasteiger partial charge on any atom is 0.00211 e. The highest BCUT2D eigenvalue weighted by Crippen LogP contribution is 2.24. The molecule has 2 heteroatoms. The first-order valence-electron chi connectivity index (χ1n) is 4.97. The van der Waals surface area contributed by atoms with Gasteiger partial charge in [-0.25, -0.2) is 0 Å². The van der Waals surface area contributed by atoms with Gasteiger partial charge in [0.25, 0.3) is 0 Å². The Bertz CT molecular complexity index is 119. The van der Waals surface area contributed by atoms with Crippen molar-refractivity contribution in [1.29, 1.82) is 0 Å². The average Bonchev–Trinajstić information content (AvgIpc) is 2.09. The van der Waals surface area contributed by atoms with Crippen molar-refractivity contribution in [1.82, 2.24) is 4.90 Å². The van der Waals surface area contributed by atoms with Crippen LogP contribution in [0.3, 0.4) is 0 Å². The summed E-state index contributed by atoms with van der Waals surface area (Å²) >= 11 is 2.50. The predicted octanol–water partition coefficient (Wildman–Crippen LogP) is 2.79. The Kier molecular flexibility index (Phi) is 4.87. The minimum atomic E-state index is 0.930. The molecule has 1 aliphatic rings. The zero-order chi connectivity index (χ0) is 8.97. The van der Waals surface area contributed by atoms with E-state index in [1.165, 1.54) is 36.8 Å². The third-order valence-electron chi connectivity index (χ3n) is 2.84. The van der Waals surface area contributed by atoms with Crippen molar-refractivity contribution in [2.24, 2.45) is 11.8 Å². The fourth-order valence-corrected chi connectivity index (χ4v) is 2.29. The van der Waals surface area contributed by atoms with Crippen LogP contribution in [0.5, 0.6) is 0 Å². The van der Waals surface area contributed by atoms with E-state index in [2.05, 4.69) is 41.5 Å². The maximum atomic E-state index is 2.50. The molecule has 0 aliphatic carbocycles. The Morgan fingerprint density at radius 3 is 2.50 bits per heavy atom. The Morgan fingerprint density at radius 1 is 1.42 bits per heavy atom. The molecule has 72 valence electrons. The zero-order valence-corrected chi connectivity index (χ0v) is 10.4. The summed E-state index contributed by atoms with van der Waals surface area (Å²) in [6.07, 6.45) is 4.31. The van der Waals surface area contributed by atoms with Crippen molar-refractivity contribution in [3.05, 3.63) is 0 Å². The molecule has 0 N–H and O–H groups in total. The lowest BCUT2D eigenvalue weighted by Gasteiger charge is -2.30. The second kappa shape index (κ2) is 5.43. The average molecular weight is 281 g/mol. The van der Waals surface area contributed by atoms with Crippen LogP contribution in [-0.4, -0.2) is 29.5 Å². The van der Waals surface area contributed by atoms with Gasteiger partial charge >= 0.3 is 0 Å². The molecule has 0 saturated carbocycles. The molecule has 1 rings (SSSR count). The van der Waals surface area contributed by atoms with Gasteiger partial charge in [-0.1, -0.05) is 29.5 Å². The van der Waals surface area contributed by atoms with Gasteiger partial charge in [-0.15, -0.1) is 0 Å². The number of alkyl halides is 1. The number of piperidine rings is 1. The minimum absolute atomic E-state index is 0.930. The fourth-order valence-electron chi connectivity index (χ4n) is 1.93. The topological polar surface area (TPSA) is 3.24 Å². The molecule has 1 unspecified atom stereocenters. The fraction of sp³-hybridized carbons (Fsp3) is 1.00. The summed E-state index contributed by atoms with van der Waals surface area (Å²) in [5.74, 6) is 1.95. The number of nitrogens with zero attached hydrogens (tertiary/aromatic N) is 1. The molecule has 0 aromatic carbocycles. The van der Waals surface area contributed by atoms with Crippen LogP contribution >= 0.6 is 22.6 Å². The van der Waals surface area contributed by atoms with E-state index >= 15 is 0 Å². The first kappa shape index (κ1) is 10.8. The van der Waals surface area contributed by atoms with Gasteiger partial charge < -0.3 is 4.90 Å². The van der Waals surface area contributed by atoms with E-state index in [0.717, 1.165) is 11.8 Å². The SMILES string of the molecule is CC(CI)CC1CCN(C)CC1. The molecule has 0 aromatic rings. The highest BCUT2D eigenvalue weighted by Gasteiger charge is 2.18. The number of likely N-dealkylation sites (tertiary alicyclic amines) is 1. The van der Waals surface area contributed by atoms with Gasteiger partial charge in [0.15, 0.2) is 0 Å². The summed E-state index contributed by atoms with van der Waals surface area (Å²) in [6.45, 7) is 5.02. The molecule has 0 bridgehead atoms. The van der Waals surface area contributed by atoms with Crippen molar-refractivity contribution in [2.45, 2.75) is 26.2 Å². The van der Waals surface area contributed by atoms with Crippen molar-refractivity contribution in [3.63, 3.8) is 0 Å². The van der Waals surface area contributed by atoms with Crippen LogP contribution in [0.25, 0.3) is 0 Å². The van der Waals surface area contributed by atoms with Crippen LogP contribution in [0.15, 0.2) is 0 Å². The normalized spacial score (nSPS) is 24.2. The van der Waals surface area contributed by atoms with Gasteiger partial charge in [0.05, 0.1) is 0 Å². The van der Waals surface area contributed by atoms with Gasteiger partial charge in [0.1, 0.15) is 0 Å². The van der Waals surface area contributed by atoms with Gasteiger partial charge in [0, 0.05) is 4.43 Å². The maximum absolute atomic E-state index is 2.50. The molecule has 0 amide bonds. The highest BCUT2D eigenvalue weighted by atomic mass is 127. The molecule has 1 saturated heterocycles. The Morgan fingerprint density at radius 2 is 2.00 bits per heavy atom. The van der Waals surface area contributed by atoms with E-state index < -0.39 is 0 Å². The Balaban J connectivity index is 2.17. The number of hydrogen-bond donors (Lipinski definition) is 0. The quantitative estimate of drug-likeness (QED) is 0.568. The van der Waals surface area contributed by atoms with E-state index in [4.69, 9.17) is 0 Å². The van der Waals surface area contributed by atoms with Crippen LogP contribution in [0, 0.1) is 11.8 Å². The smallest absolute Gasteiger partial charge is 0.00211 e. The Labute approximate surface area is 90.0 Å². The second-order valence-corrected chi connectivity index (χ2v) is 5.12. The lowest BCUT2D eigenvalue weighted by Crippen LogP contribution is -2.30. The molecule has 12 heavy (non-hydrogen) atoms. The summed E-state index contributed by atoms with van der Waals surface area (Å²) in [5, 5.41) is 0. The number of halogens is 1. The Hall–Kier alpha value is 0.690. The predicted molar refractivity (Wildman–Crippen MR) is 62.9 cm³/mol. The molecular weight excluding hydrogens is 261 g/mol. The van der Waals surface area contributed by atoms with Crippen molar-refractivity contribution >= 4 is 22.6 Å². The van der Waals surface area contributed by atoms with E-state index in [0.29, 0.717) is 0 Å². The first-order chi connectivity index (χ1) is 5.72. The molecular formula is C10H20IN. The summed E-state index contributed by atoms with van der Waals surface area (Å²) < 4.78 is 1.32. The summed E-state index contributed by atoms with van der Waals surface area (Å²) in [6, 6.07) is 0. The lowest BCUT2D eigenvalue weighted by molar-refractivity contribution is 0.202. The van der Waals surface area contributed by atoms with Crippen LogP contribution in [-0.2, 0) is 0 Å². The summed E-state index contributed by atoms with van der Waals surface area (Å²) in [5.41, 5.74) is 0. The van der Waals surface area contributed by atoms with Crippen molar-refractivity contribution < 1.29 is 0 Å². The van der Waals surface area contributed by atoms with Gasteiger partial charge in [0.2, 0.25) is 0 Å². The standard InChI is InChI=1S/C10H20IN/c1-9(8-11)7-10-3-5-12(2)6-4-10/h9-10H,3-8H2,1-2H3. The van der Waals surface area contributed by atoms with Gasteiger partial charge in [-0.05, 0) is 51.2 Å². The number of hydrogen-bond acceptors (Lipinski definition) is 1. The van der Waals surface area contributed by atoms with E-state index in [-0.39, 0.29) is 0 Å². The van der Waals surface area contributed by atoms with E-state index in [1.807, 2.05) is 0 Å². The van der Waals surface area contributed by atoms with Gasteiger partial charge in [-0.3, -0.25) is 0 Å². The molecule has 1 aliphatic heterocycles. The van der Waals surface area contributed by atoms with E-state index in [1.54, 1.807) is 0 Å². The molecule has 0 radical (unpaired) electrons. The minimum Gasteiger partial charge on any atom is -0.306 e. The lowest BCUT2D eigenvalue weighted by atomic mass is 9.89. The third-order valence-corrected chi connectivity index (χ3v) is 4.34. The van der Waals surface area contributed by atoms with Crippen LogP contribution in [0.2, 0.25) is 0 Å². The van der Waals surface area contributed by atoms with Crippen LogP contribution < -0.4 is 0 Å². The van der Waals surface area contributed by atoms with Crippen LogP contribution in [0.4, 0.5) is 0 Å². The number of rotatable bonds is 3. The largest absolute Gasteiger partial charge is 0.306 e. The van der Waals surface area contributed by atoms with Crippen molar-refractivity contribution in [3.8, 4) is 0 Å². The first-order valence-corrected chi connectivity index (χ1v) is 6.49. The molecule has 1 fully saturated rings. The molecule has 1 heterocycles. The molecule has 0 spiro atoms. The summed E-state index contributed by atoms with van der Waals surface area (Å²) in [7, 11) is 2.23.